The second-order valence-electron chi connectivity index (χ2n) is 7.32. The minimum absolute atomic E-state index is 0.0441. The van der Waals surface area contributed by atoms with Crippen LogP contribution in [0.5, 0.6) is 5.75 Å². The molecule has 0 fully saturated rings. The minimum atomic E-state index is -0.313. The van der Waals surface area contributed by atoms with Crippen molar-refractivity contribution in [2.75, 3.05) is 28.7 Å². The first-order valence-corrected chi connectivity index (χ1v) is 9.64. The fraction of sp³-hybridized carbons (Fsp3) is 0.318. The Balaban J connectivity index is 1.62. The molecule has 0 bridgehead atoms. The zero-order valence-corrected chi connectivity index (χ0v) is 16.6. The molecule has 3 amide bonds. The SMILES string of the molecule is CC(C)CC(=O)Nc1ccc(NC(=O)CN2C(=O)CCOc3ccccc32)cc1. The highest BCUT2D eigenvalue weighted by atomic mass is 16.5. The summed E-state index contributed by atoms with van der Waals surface area (Å²) in [5, 5.41) is 5.61. The number of hydrogen-bond donors (Lipinski definition) is 2. The Kier molecular flexibility index (Phi) is 6.49. The Labute approximate surface area is 170 Å². The van der Waals surface area contributed by atoms with Gasteiger partial charge in [-0.3, -0.25) is 19.3 Å². The number of rotatable bonds is 6. The van der Waals surface area contributed by atoms with Crippen LogP contribution in [0.15, 0.2) is 48.5 Å². The quantitative estimate of drug-likeness (QED) is 0.784. The number of carbonyl (C=O) groups is 3. The van der Waals surface area contributed by atoms with Crippen molar-refractivity contribution in [3.8, 4) is 5.75 Å². The van der Waals surface area contributed by atoms with Crippen LogP contribution in [0.25, 0.3) is 0 Å². The van der Waals surface area contributed by atoms with Crippen LogP contribution in [0.3, 0.4) is 0 Å². The van der Waals surface area contributed by atoms with Gasteiger partial charge in [-0.05, 0) is 42.3 Å². The second kappa shape index (κ2) is 9.23. The van der Waals surface area contributed by atoms with E-state index in [-0.39, 0.29) is 43.2 Å². The van der Waals surface area contributed by atoms with Gasteiger partial charge in [-0.15, -0.1) is 0 Å². The van der Waals surface area contributed by atoms with Crippen LogP contribution in [0.1, 0.15) is 26.7 Å². The van der Waals surface area contributed by atoms with Gasteiger partial charge in [0.05, 0.1) is 18.7 Å². The predicted octanol–water partition coefficient (Wildman–Crippen LogP) is 3.43. The summed E-state index contributed by atoms with van der Waals surface area (Å²) in [6, 6.07) is 14.1. The number of para-hydroxylation sites is 2. The van der Waals surface area contributed by atoms with Gasteiger partial charge in [0.1, 0.15) is 12.3 Å². The molecule has 7 nitrogen and oxygen atoms in total. The van der Waals surface area contributed by atoms with Crippen molar-refractivity contribution < 1.29 is 19.1 Å². The number of amides is 3. The molecule has 0 spiro atoms. The average Bonchev–Trinajstić information content (AvgIpc) is 2.82. The van der Waals surface area contributed by atoms with Gasteiger partial charge in [-0.25, -0.2) is 0 Å². The molecule has 0 aliphatic carbocycles. The molecule has 0 unspecified atom stereocenters. The molecule has 2 N–H and O–H groups in total. The van der Waals surface area contributed by atoms with E-state index in [1.807, 2.05) is 19.9 Å². The third-order valence-corrected chi connectivity index (χ3v) is 4.38. The van der Waals surface area contributed by atoms with Gasteiger partial charge in [0.2, 0.25) is 17.7 Å². The number of hydrogen-bond acceptors (Lipinski definition) is 4. The van der Waals surface area contributed by atoms with E-state index >= 15 is 0 Å². The molecule has 3 rings (SSSR count). The molecule has 29 heavy (non-hydrogen) atoms. The van der Waals surface area contributed by atoms with Gasteiger partial charge < -0.3 is 15.4 Å². The highest BCUT2D eigenvalue weighted by Gasteiger charge is 2.25. The second-order valence-corrected chi connectivity index (χ2v) is 7.32. The zero-order valence-electron chi connectivity index (χ0n) is 16.6. The molecule has 1 aliphatic heterocycles. The smallest absolute Gasteiger partial charge is 0.244 e. The van der Waals surface area contributed by atoms with Gasteiger partial charge >= 0.3 is 0 Å². The number of fused-ring (bicyclic) bond motifs is 1. The predicted molar refractivity (Wildman–Crippen MR) is 112 cm³/mol. The summed E-state index contributed by atoms with van der Waals surface area (Å²) in [4.78, 5) is 38.2. The van der Waals surface area contributed by atoms with Crippen LogP contribution in [0.2, 0.25) is 0 Å². The summed E-state index contributed by atoms with van der Waals surface area (Å²) < 4.78 is 5.59. The molecule has 1 aliphatic rings. The number of nitrogens with one attached hydrogen (secondary N) is 2. The Morgan fingerprint density at radius 1 is 1.00 bits per heavy atom. The van der Waals surface area contributed by atoms with E-state index in [1.54, 1.807) is 42.5 Å². The fourth-order valence-electron chi connectivity index (χ4n) is 3.06. The maximum absolute atomic E-state index is 12.5. The van der Waals surface area contributed by atoms with Crippen LogP contribution in [0, 0.1) is 5.92 Å². The average molecular weight is 395 g/mol. The van der Waals surface area contributed by atoms with Crippen molar-refractivity contribution in [3.05, 3.63) is 48.5 Å². The summed E-state index contributed by atoms with van der Waals surface area (Å²) in [6.07, 6.45) is 0.667. The number of ether oxygens (including phenoxy) is 1. The Bertz CT molecular complexity index is 893. The molecule has 7 heteroatoms. The van der Waals surface area contributed by atoms with Crippen molar-refractivity contribution in [1.82, 2.24) is 0 Å². The fourth-order valence-corrected chi connectivity index (χ4v) is 3.06. The van der Waals surface area contributed by atoms with E-state index in [4.69, 9.17) is 4.74 Å². The monoisotopic (exact) mass is 395 g/mol. The normalized spacial score (nSPS) is 13.3. The molecule has 0 aromatic heterocycles. The summed E-state index contributed by atoms with van der Waals surface area (Å²) in [6.45, 7) is 4.15. The van der Waals surface area contributed by atoms with Gasteiger partial charge in [0, 0.05) is 17.8 Å². The van der Waals surface area contributed by atoms with E-state index in [2.05, 4.69) is 10.6 Å². The summed E-state index contributed by atoms with van der Waals surface area (Å²) in [5.41, 5.74) is 1.85. The molecule has 152 valence electrons. The zero-order chi connectivity index (χ0) is 20.8. The number of carbonyl (C=O) groups excluding carboxylic acids is 3. The van der Waals surface area contributed by atoms with Crippen molar-refractivity contribution in [1.29, 1.82) is 0 Å². The number of benzene rings is 2. The standard InChI is InChI=1S/C22H25N3O4/c1-15(2)13-20(26)23-16-7-9-17(10-8-16)24-21(27)14-25-18-5-3-4-6-19(18)29-12-11-22(25)28/h3-10,15H,11-14H2,1-2H3,(H,23,26)(H,24,27). The van der Waals surface area contributed by atoms with Crippen molar-refractivity contribution in [2.24, 2.45) is 5.92 Å². The van der Waals surface area contributed by atoms with E-state index < -0.39 is 0 Å². The van der Waals surface area contributed by atoms with Gasteiger partial charge in [0.25, 0.3) is 0 Å². The Morgan fingerprint density at radius 2 is 1.62 bits per heavy atom. The molecular formula is C22H25N3O4. The van der Waals surface area contributed by atoms with Crippen molar-refractivity contribution in [3.63, 3.8) is 0 Å². The lowest BCUT2D eigenvalue weighted by molar-refractivity contribution is -0.121. The van der Waals surface area contributed by atoms with E-state index in [0.29, 0.717) is 29.2 Å². The lowest BCUT2D eigenvalue weighted by atomic mass is 10.1. The van der Waals surface area contributed by atoms with Crippen LogP contribution in [-0.2, 0) is 14.4 Å². The molecule has 0 saturated heterocycles. The maximum atomic E-state index is 12.5. The van der Waals surface area contributed by atoms with Crippen LogP contribution in [-0.4, -0.2) is 30.9 Å². The highest BCUT2D eigenvalue weighted by Crippen LogP contribution is 2.30. The molecular weight excluding hydrogens is 370 g/mol. The van der Waals surface area contributed by atoms with E-state index in [1.165, 1.54) is 4.90 Å². The van der Waals surface area contributed by atoms with Crippen LogP contribution < -0.4 is 20.3 Å². The van der Waals surface area contributed by atoms with Crippen LogP contribution in [0.4, 0.5) is 17.1 Å². The molecule has 2 aromatic carbocycles. The molecule has 1 heterocycles. The highest BCUT2D eigenvalue weighted by molar-refractivity contribution is 6.03. The third-order valence-electron chi connectivity index (χ3n) is 4.38. The molecule has 0 radical (unpaired) electrons. The summed E-state index contributed by atoms with van der Waals surface area (Å²) in [5.74, 6) is 0.357. The summed E-state index contributed by atoms with van der Waals surface area (Å²) >= 11 is 0. The van der Waals surface area contributed by atoms with Crippen molar-refractivity contribution >= 4 is 34.8 Å². The third kappa shape index (κ3) is 5.57. The van der Waals surface area contributed by atoms with Crippen LogP contribution >= 0.6 is 0 Å². The van der Waals surface area contributed by atoms with E-state index in [9.17, 15) is 14.4 Å². The minimum Gasteiger partial charge on any atom is -0.491 e. The molecule has 2 aromatic rings. The summed E-state index contributed by atoms with van der Waals surface area (Å²) in [7, 11) is 0. The first kappa shape index (κ1) is 20.4. The lowest BCUT2D eigenvalue weighted by Gasteiger charge is -2.21. The number of anilines is 3. The first-order chi connectivity index (χ1) is 13.9. The topological polar surface area (TPSA) is 87.7 Å². The Morgan fingerprint density at radius 3 is 2.28 bits per heavy atom. The number of nitrogens with zero attached hydrogens (tertiary/aromatic N) is 1. The van der Waals surface area contributed by atoms with Gasteiger partial charge in [-0.1, -0.05) is 26.0 Å². The largest absolute Gasteiger partial charge is 0.491 e. The maximum Gasteiger partial charge on any atom is 0.244 e. The molecule has 0 atom stereocenters. The van der Waals surface area contributed by atoms with Gasteiger partial charge in [0.15, 0.2) is 0 Å². The molecule has 0 saturated carbocycles. The Hall–Kier alpha value is -3.35. The van der Waals surface area contributed by atoms with Gasteiger partial charge in [-0.2, -0.15) is 0 Å². The lowest BCUT2D eigenvalue weighted by Crippen LogP contribution is -2.37. The van der Waals surface area contributed by atoms with E-state index in [0.717, 1.165) is 0 Å². The first-order valence-electron chi connectivity index (χ1n) is 9.64. The van der Waals surface area contributed by atoms with Crippen molar-refractivity contribution in [2.45, 2.75) is 26.7 Å².